The smallest absolute Gasteiger partial charge is 0.287 e. The Bertz CT molecular complexity index is 1020. The summed E-state index contributed by atoms with van der Waals surface area (Å²) in [7, 11) is 0. The third kappa shape index (κ3) is 3.72. The van der Waals surface area contributed by atoms with Gasteiger partial charge in [-0.1, -0.05) is 12.1 Å². The number of nitrogens with one attached hydrogen (secondary N) is 1. The van der Waals surface area contributed by atoms with Crippen molar-refractivity contribution in [2.75, 3.05) is 5.43 Å². The molecule has 138 valence electrons. The van der Waals surface area contributed by atoms with E-state index in [1.54, 1.807) is 6.21 Å². The van der Waals surface area contributed by atoms with Gasteiger partial charge in [-0.3, -0.25) is 15.5 Å². The first-order valence-corrected chi connectivity index (χ1v) is 8.53. The van der Waals surface area contributed by atoms with Crippen LogP contribution in [0, 0.1) is 37.8 Å². The van der Waals surface area contributed by atoms with Crippen molar-refractivity contribution >= 4 is 17.7 Å². The molecule has 0 fully saturated rings. The number of nitro groups is 1. The number of aromatic nitrogens is 2. The second-order valence-corrected chi connectivity index (χ2v) is 6.41. The molecule has 1 N–H and O–H groups in total. The standard InChI is InChI=1S/C20H21N5O2/c1-13-6-5-7-19(15(13)3)24-14(2)10-17(16(24)4)11-22-23-20-9-8-18(12-21-20)25(26)27/h5-12H,1-4H3,(H,21,23)/b22-11-. The first kappa shape index (κ1) is 18.3. The summed E-state index contributed by atoms with van der Waals surface area (Å²) in [5.41, 5.74) is 9.60. The van der Waals surface area contributed by atoms with Crippen LogP contribution in [-0.4, -0.2) is 20.7 Å². The molecule has 0 bridgehead atoms. The summed E-state index contributed by atoms with van der Waals surface area (Å²) in [5.74, 6) is 0.445. The molecule has 0 amide bonds. The number of benzene rings is 1. The summed E-state index contributed by atoms with van der Waals surface area (Å²) in [4.78, 5) is 14.1. The van der Waals surface area contributed by atoms with E-state index >= 15 is 0 Å². The lowest BCUT2D eigenvalue weighted by Gasteiger charge is -2.14. The number of pyridine rings is 1. The second-order valence-electron chi connectivity index (χ2n) is 6.41. The van der Waals surface area contributed by atoms with Gasteiger partial charge in [0, 0.05) is 28.7 Å². The molecule has 0 atom stereocenters. The van der Waals surface area contributed by atoms with Crippen LogP contribution in [0.25, 0.3) is 5.69 Å². The van der Waals surface area contributed by atoms with Crippen LogP contribution >= 0.6 is 0 Å². The zero-order valence-corrected chi connectivity index (χ0v) is 15.7. The van der Waals surface area contributed by atoms with Crippen LogP contribution in [0.2, 0.25) is 0 Å². The first-order chi connectivity index (χ1) is 12.9. The minimum absolute atomic E-state index is 0.0541. The highest BCUT2D eigenvalue weighted by Crippen LogP contribution is 2.24. The number of rotatable bonds is 5. The molecule has 0 aliphatic carbocycles. The number of hydrogen-bond acceptors (Lipinski definition) is 5. The van der Waals surface area contributed by atoms with Gasteiger partial charge in [0.1, 0.15) is 12.0 Å². The molecule has 0 aliphatic rings. The van der Waals surface area contributed by atoms with Gasteiger partial charge in [-0.25, -0.2) is 4.98 Å². The van der Waals surface area contributed by atoms with Gasteiger partial charge in [0.15, 0.2) is 0 Å². The minimum atomic E-state index is -0.484. The molecule has 7 heteroatoms. The Labute approximate surface area is 157 Å². The van der Waals surface area contributed by atoms with Crippen LogP contribution in [0.15, 0.2) is 47.7 Å². The fourth-order valence-corrected chi connectivity index (χ4v) is 3.00. The van der Waals surface area contributed by atoms with E-state index in [1.165, 1.54) is 29.5 Å². The highest BCUT2D eigenvalue weighted by atomic mass is 16.6. The van der Waals surface area contributed by atoms with E-state index in [4.69, 9.17) is 0 Å². The average molecular weight is 363 g/mol. The van der Waals surface area contributed by atoms with Crippen LogP contribution in [0.5, 0.6) is 0 Å². The van der Waals surface area contributed by atoms with Gasteiger partial charge in [-0.05, 0) is 57.0 Å². The van der Waals surface area contributed by atoms with Gasteiger partial charge < -0.3 is 4.57 Å². The van der Waals surface area contributed by atoms with E-state index in [-0.39, 0.29) is 5.69 Å². The minimum Gasteiger partial charge on any atom is -0.318 e. The van der Waals surface area contributed by atoms with Crippen LogP contribution in [-0.2, 0) is 0 Å². The lowest BCUT2D eigenvalue weighted by atomic mass is 10.1. The Morgan fingerprint density at radius 3 is 2.63 bits per heavy atom. The first-order valence-electron chi connectivity index (χ1n) is 8.53. The van der Waals surface area contributed by atoms with Gasteiger partial charge >= 0.3 is 0 Å². The summed E-state index contributed by atoms with van der Waals surface area (Å²) >= 11 is 0. The molecule has 0 radical (unpaired) electrons. The zero-order valence-electron chi connectivity index (χ0n) is 15.7. The molecule has 3 aromatic rings. The van der Waals surface area contributed by atoms with Crippen molar-refractivity contribution in [2.45, 2.75) is 27.7 Å². The van der Waals surface area contributed by atoms with Gasteiger partial charge in [-0.15, -0.1) is 0 Å². The Hall–Kier alpha value is -3.48. The van der Waals surface area contributed by atoms with Crippen molar-refractivity contribution in [3.63, 3.8) is 0 Å². The summed E-state index contributed by atoms with van der Waals surface area (Å²) in [6, 6.07) is 11.3. The van der Waals surface area contributed by atoms with Gasteiger partial charge in [0.05, 0.1) is 11.1 Å². The zero-order chi connectivity index (χ0) is 19.6. The molecule has 0 saturated heterocycles. The predicted molar refractivity (Wildman–Crippen MR) is 107 cm³/mol. The van der Waals surface area contributed by atoms with E-state index in [9.17, 15) is 10.1 Å². The van der Waals surface area contributed by atoms with Crippen molar-refractivity contribution in [3.8, 4) is 5.69 Å². The van der Waals surface area contributed by atoms with Crippen molar-refractivity contribution in [2.24, 2.45) is 5.10 Å². The Morgan fingerprint density at radius 2 is 1.96 bits per heavy atom. The summed E-state index contributed by atoms with van der Waals surface area (Å²) < 4.78 is 2.22. The number of anilines is 1. The van der Waals surface area contributed by atoms with E-state index < -0.39 is 4.92 Å². The molecule has 0 aliphatic heterocycles. The molecule has 3 rings (SSSR count). The number of aryl methyl sites for hydroxylation is 2. The maximum absolute atomic E-state index is 10.7. The maximum Gasteiger partial charge on any atom is 0.287 e. The summed E-state index contributed by atoms with van der Waals surface area (Å²) in [6.45, 7) is 8.35. The topological polar surface area (TPSA) is 85.3 Å². The molecule has 0 saturated carbocycles. The van der Waals surface area contributed by atoms with Crippen LogP contribution in [0.4, 0.5) is 11.5 Å². The fraction of sp³-hybridized carbons (Fsp3) is 0.200. The Balaban J connectivity index is 1.83. The lowest BCUT2D eigenvalue weighted by Crippen LogP contribution is -2.03. The summed E-state index contributed by atoms with van der Waals surface area (Å²) in [5, 5.41) is 14.9. The number of hydrazone groups is 1. The lowest BCUT2D eigenvalue weighted by molar-refractivity contribution is -0.385. The van der Waals surface area contributed by atoms with Crippen LogP contribution in [0.1, 0.15) is 28.1 Å². The quantitative estimate of drug-likeness (QED) is 0.412. The molecule has 27 heavy (non-hydrogen) atoms. The molecule has 2 aromatic heterocycles. The Kier molecular flexibility index (Phi) is 5.03. The molecule has 1 aromatic carbocycles. The highest BCUT2D eigenvalue weighted by molar-refractivity contribution is 5.82. The molecular formula is C20H21N5O2. The van der Waals surface area contributed by atoms with Crippen molar-refractivity contribution in [1.82, 2.24) is 9.55 Å². The summed E-state index contributed by atoms with van der Waals surface area (Å²) in [6.07, 6.45) is 2.93. The molecular weight excluding hydrogens is 342 g/mol. The number of hydrogen-bond donors (Lipinski definition) is 1. The third-order valence-electron chi connectivity index (χ3n) is 4.63. The fourth-order valence-electron chi connectivity index (χ4n) is 3.00. The third-order valence-corrected chi connectivity index (χ3v) is 4.63. The van der Waals surface area contributed by atoms with Crippen molar-refractivity contribution < 1.29 is 4.92 Å². The van der Waals surface area contributed by atoms with Gasteiger partial charge in [-0.2, -0.15) is 5.10 Å². The number of nitrogens with zero attached hydrogens (tertiary/aromatic N) is 4. The Morgan fingerprint density at radius 1 is 1.19 bits per heavy atom. The van der Waals surface area contributed by atoms with E-state index in [1.807, 2.05) is 0 Å². The maximum atomic E-state index is 10.7. The van der Waals surface area contributed by atoms with E-state index in [0.29, 0.717) is 5.82 Å². The van der Waals surface area contributed by atoms with Crippen LogP contribution in [0.3, 0.4) is 0 Å². The van der Waals surface area contributed by atoms with Gasteiger partial charge in [0.25, 0.3) is 5.69 Å². The second kappa shape index (κ2) is 7.41. The highest BCUT2D eigenvalue weighted by Gasteiger charge is 2.12. The largest absolute Gasteiger partial charge is 0.318 e. The average Bonchev–Trinajstić information content (AvgIpc) is 2.92. The van der Waals surface area contributed by atoms with E-state index in [0.717, 1.165) is 22.6 Å². The molecule has 7 nitrogen and oxygen atoms in total. The predicted octanol–water partition coefficient (Wildman–Crippen LogP) is 4.46. The molecule has 0 spiro atoms. The van der Waals surface area contributed by atoms with Gasteiger partial charge in [0.2, 0.25) is 0 Å². The van der Waals surface area contributed by atoms with Crippen LogP contribution < -0.4 is 5.43 Å². The van der Waals surface area contributed by atoms with E-state index in [2.05, 4.69) is 72.0 Å². The molecule has 0 unspecified atom stereocenters. The monoisotopic (exact) mass is 363 g/mol. The SMILES string of the molecule is Cc1cccc(-n2c(C)cc(/C=N\Nc3ccc([N+](=O)[O-])cn3)c2C)c1C. The molecule has 2 heterocycles. The van der Waals surface area contributed by atoms with Crippen molar-refractivity contribution in [3.05, 3.63) is 80.8 Å². The normalized spacial score (nSPS) is 11.1. The van der Waals surface area contributed by atoms with Crippen molar-refractivity contribution in [1.29, 1.82) is 0 Å².